The predicted molar refractivity (Wildman–Crippen MR) is 225 cm³/mol. The third kappa shape index (κ3) is 3.94. The Labute approximate surface area is 321 Å². The van der Waals surface area contributed by atoms with Crippen molar-refractivity contribution in [2.75, 3.05) is 0 Å². The quantitative estimate of drug-likeness (QED) is 0.182. The van der Waals surface area contributed by atoms with Gasteiger partial charge in [0.05, 0.1) is 0 Å². The monoisotopic (exact) mass is 729 g/mol. The van der Waals surface area contributed by atoms with Crippen LogP contribution in [-0.2, 0) is 5.41 Å². The Kier molecular flexibility index (Phi) is 6.10. The Morgan fingerprint density at radius 1 is 0.407 bits per heavy atom. The second-order valence-electron chi connectivity index (χ2n) is 16.3. The maximum Gasteiger partial charge on any atom is 0.164 e. The minimum absolute atomic E-state index is 0.00392. The van der Waals surface area contributed by atoms with Gasteiger partial charge in [-0.1, -0.05) is 103 Å². The molecule has 54 heavy (non-hydrogen) atoms. The van der Waals surface area contributed by atoms with Gasteiger partial charge in [0.15, 0.2) is 17.5 Å². The first-order valence-electron chi connectivity index (χ1n) is 19.5. The molecular formula is C49H35N3S2. The molecule has 5 aliphatic carbocycles. The summed E-state index contributed by atoms with van der Waals surface area (Å²) >= 11 is 3.69. The van der Waals surface area contributed by atoms with Crippen LogP contribution in [0.3, 0.4) is 0 Å². The summed E-state index contributed by atoms with van der Waals surface area (Å²) in [6.07, 6.45) is 6.78. The summed E-state index contributed by atoms with van der Waals surface area (Å²) in [6.45, 7) is 0. The zero-order chi connectivity index (χ0) is 35.1. The van der Waals surface area contributed by atoms with E-state index in [0.29, 0.717) is 11.8 Å². The molecule has 5 aliphatic rings. The van der Waals surface area contributed by atoms with E-state index in [4.69, 9.17) is 15.0 Å². The molecule has 4 saturated carbocycles. The summed E-state index contributed by atoms with van der Waals surface area (Å²) in [6, 6.07) is 47.1. The van der Waals surface area contributed by atoms with Gasteiger partial charge >= 0.3 is 0 Å². The van der Waals surface area contributed by atoms with Crippen LogP contribution in [-0.4, -0.2) is 15.0 Å². The molecule has 0 saturated heterocycles. The molecule has 3 nitrogen and oxygen atoms in total. The average Bonchev–Trinajstić information content (AvgIpc) is 3.88. The summed E-state index contributed by atoms with van der Waals surface area (Å²) in [4.78, 5) is 16.6. The van der Waals surface area contributed by atoms with Crippen LogP contribution in [0.15, 0.2) is 127 Å². The molecule has 0 N–H and O–H groups in total. The van der Waals surface area contributed by atoms with Crippen LogP contribution in [0.2, 0.25) is 0 Å². The Bertz CT molecular complexity index is 2880. The van der Waals surface area contributed by atoms with E-state index in [1.54, 1.807) is 5.56 Å². The average molecular weight is 730 g/mol. The topological polar surface area (TPSA) is 38.7 Å². The number of hydrogen-bond acceptors (Lipinski definition) is 5. The highest BCUT2D eigenvalue weighted by atomic mass is 32.1. The van der Waals surface area contributed by atoms with Crippen molar-refractivity contribution in [3.63, 3.8) is 0 Å². The van der Waals surface area contributed by atoms with E-state index in [1.807, 2.05) is 22.7 Å². The van der Waals surface area contributed by atoms with Crippen molar-refractivity contribution in [2.24, 2.45) is 23.7 Å². The van der Waals surface area contributed by atoms with E-state index in [9.17, 15) is 0 Å². The van der Waals surface area contributed by atoms with Gasteiger partial charge in [-0.25, -0.2) is 15.0 Å². The highest BCUT2D eigenvalue weighted by Gasteiger charge is 2.62. The highest BCUT2D eigenvalue weighted by Crippen LogP contribution is 2.70. The molecule has 4 bridgehead atoms. The normalized spacial score (nSPS) is 23.6. The van der Waals surface area contributed by atoms with Gasteiger partial charge in [-0.3, -0.25) is 0 Å². The molecule has 258 valence electrons. The van der Waals surface area contributed by atoms with Gasteiger partial charge in [0, 0.05) is 62.4 Å². The second kappa shape index (κ2) is 10.9. The Morgan fingerprint density at radius 3 is 1.46 bits per heavy atom. The van der Waals surface area contributed by atoms with Gasteiger partial charge in [0.1, 0.15) is 0 Å². The molecule has 0 unspecified atom stereocenters. The van der Waals surface area contributed by atoms with Crippen LogP contribution in [0.4, 0.5) is 0 Å². The van der Waals surface area contributed by atoms with Crippen molar-refractivity contribution in [1.29, 1.82) is 0 Å². The standard InChI is InChI=1S/C49H35N3S2/c1-4-17-38-31(10-1)32-13-7-16-37(45(32)49(38)29-23-27-22-28(25-29)26-30(49)24-27)48-51-46(35-14-8-20-41-43(35)33-11-2-5-18-39(33)53-41)50-47(52-48)36-15-9-21-42-44(36)34-12-3-6-19-40(34)54-42/h1-21,27-30H,22-26H2. The maximum atomic E-state index is 5.59. The van der Waals surface area contributed by atoms with Gasteiger partial charge in [0.2, 0.25) is 0 Å². The molecule has 3 heterocycles. The predicted octanol–water partition coefficient (Wildman–Crippen LogP) is 13.3. The lowest BCUT2D eigenvalue weighted by molar-refractivity contribution is -0.0397. The number of hydrogen-bond donors (Lipinski definition) is 0. The fourth-order valence-corrected chi connectivity index (χ4v) is 14.3. The van der Waals surface area contributed by atoms with Gasteiger partial charge < -0.3 is 0 Å². The van der Waals surface area contributed by atoms with E-state index in [0.717, 1.165) is 40.4 Å². The number of aromatic nitrogens is 3. The number of thiophene rings is 2. The van der Waals surface area contributed by atoms with E-state index in [-0.39, 0.29) is 5.41 Å². The zero-order valence-electron chi connectivity index (χ0n) is 29.6. The first-order chi connectivity index (χ1) is 26.7. The smallest absolute Gasteiger partial charge is 0.164 e. The van der Waals surface area contributed by atoms with Gasteiger partial charge in [-0.2, -0.15) is 0 Å². The molecule has 0 amide bonds. The van der Waals surface area contributed by atoms with Crippen molar-refractivity contribution >= 4 is 63.0 Å². The van der Waals surface area contributed by atoms with E-state index in [2.05, 4.69) is 127 Å². The Balaban J connectivity index is 1.12. The van der Waals surface area contributed by atoms with Crippen molar-refractivity contribution in [2.45, 2.75) is 37.5 Å². The van der Waals surface area contributed by atoms with Gasteiger partial charge in [-0.05, 0) is 102 Å². The van der Waals surface area contributed by atoms with Crippen LogP contribution in [0, 0.1) is 23.7 Å². The van der Waals surface area contributed by atoms with E-state index in [1.165, 1.54) is 94.7 Å². The minimum atomic E-state index is -0.00392. The minimum Gasteiger partial charge on any atom is -0.208 e. The lowest BCUT2D eigenvalue weighted by Crippen LogP contribution is -2.55. The van der Waals surface area contributed by atoms with Crippen LogP contribution in [0.1, 0.15) is 43.2 Å². The molecule has 0 aliphatic heterocycles. The lowest BCUT2D eigenvalue weighted by Gasteiger charge is -2.61. The highest BCUT2D eigenvalue weighted by molar-refractivity contribution is 7.26. The zero-order valence-corrected chi connectivity index (χ0v) is 31.3. The number of rotatable bonds is 3. The summed E-state index contributed by atoms with van der Waals surface area (Å²) < 4.78 is 5.08. The fraction of sp³-hybridized carbons (Fsp3) is 0.204. The summed E-state index contributed by atoms with van der Waals surface area (Å²) in [5, 5.41) is 4.96. The van der Waals surface area contributed by atoms with Crippen molar-refractivity contribution in [3.05, 3.63) is 139 Å². The van der Waals surface area contributed by atoms with E-state index >= 15 is 0 Å². The summed E-state index contributed by atoms with van der Waals surface area (Å²) in [5.74, 6) is 5.32. The van der Waals surface area contributed by atoms with Crippen LogP contribution in [0.5, 0.6) is 0 Å². The summed E-state index contributed by atoms with van der Waals surface area (Å²) in [5.41, 5.74) is 9.16. The van der Waals surface area contributed by atoms with Crippen molar-refractivity contribution in [1.82, 2.24) is 15.0 Å². The fourth-order valence-electron chi connectivity index (χ4n) is 12.1. The number of nitrogens with zero attached hydrogens (tertiary/aromatic N) is 3. The molecule has 1 spiro atoms. The molecule has 0 atom stereocenters. The Hall–Kier alpha value is -5.23. The van der Waals surface area contributed by atoms with Crippen LogP contribution in [0.25, 0.3) is 85.6 Å². The molecule has 3 aromatic heterocycles. The molecule has 6 aromatic carbocycles. The van der Waals surface area contributed by atoms with Crippen LogP contribution < -0.4 is 0 Å². The summed E-state index contributed by atoms with van der Waals surface area (Å²) in [7, 11) is 0. The maximum absolute atomic E-state index is 5.59. The SMILES string of the molecule is c1ccc2c(c1)-c1cccc(-c3nc(-c4cccc5sc6ccccc6c45)nc(-c4cccc5sc6ccccc6c45)n3)c1C21C2CC3CC(C2)CC1C3. The first kappa shape index (κ1) is 30.1. The third-order valence-electron chi connectivity index (χ3n) is 13.7. The van der Waals surface area contributed by atoms with Crippen LogP contribution >= 0.6 is 22.7 Å². The molecule has 14 rings (SSSR count). The molecule has 5 heteroatoms. The largest absolute Gasteiger partial charge is 0.208 e. The first-order valence-corrected chi connectivity index (χ1v) is 21.2. The lowest BCUT2D eigenvalue weighted by atomic mass is 9.43. The third-order valence-corrected chi connectivity index (χ3v) is 16.0. The number of benzene rings is 6. The molecule has 9 aromatic rings. The molecular weight excluding hydrogens is 695 g/mol. The Morgan fingerprint density at radius 2 is 0.852 bits per heavy atom. The van der Waals surface area contributed by atoms with Gasteiger partial charge in [0.25, 0.3) is 0 Å². The van der Waals surface area contributed by atoms with Gasteiger partial charge in [-0.15, -0.1) is 22.7 Å². The molecule has 4 fully saturated rings. The van der Waals surface area contributed by atoms with E-state index < -0.39 is 0 Å². The van der Waals surface area contributed by atoms with Crippen molar-refractivity contribution < 1.29 is 0 Å². The molecule has 0 radical (unpaired) electrons. The van der Waals surface area contributed by atoms with Crippen molar-refractivity contribution in [3.8, 4) is 45.3 Å². The second-order valence-corrected chi connectivity index (χ2v) is 18.5. The number of fused-ring (bicyclic) bond motifs is 9.